The molecule has 0 fully saturated rings. The van der Waals surface area contributed by atoms with E-state index < -0.39 is 18.8 Å². The van der Waals surface area contributed by atoms with Gasteiger partial charge in [0.1, 0.15) is 6.61 Å². The second-order valence-corrected chi connectivity index (χ2v) is 3.81. The number of carboxylic acid groups (broad SMARTS) is 1. The van der Waals surface area contributed by atoms with Gasteiger partial charge in [0, 0.05) is 13.1 Å². The molecule has 0 aliphatic heterocycles. The van der Waals surface area contributed by atoms with Crippen molar-refractivity contribution in [1.29, 1.82) is 0 Å². The number of rotatable bonds is 7. The Morgan fingerprint density at radius 3 is 2.63 bits per heavy atom. The third kappa shape index (κ3) is 6.21. The van der Waals surface area contributed by atoms with E-state index in [2.05, 4.69) is 10.1 Å². The van der Waals surface area contributed by atoms with Crippen LogP contribution >= 0.6 is 0 Å². The van der Waals surface area contributed by atoms with Crippen molar-refractivity contribution in [3.63, 3.8) is 0 Å². The second-order valence-electron chi connectivity index (χ2n) is 3.81. The van der Waals surface area contributed by atoms with E-state index in [0.717, 1.165) is 0 Å². The van der Waals surface area contributed by atoms with Gasteiger partial charge in [0.15, 0.2) is 0 Å². The molecule has 0 saturated carbocycles. The van der Waals surface area contributed by atoms with Crippen LogP contribution in [-0.2, 0) is 11.3 Å². The Kier molecular flexibility index (Phi) is 5.78. The first-order valence-corrected chi connectivity index (χ1v) is 5.56. The van der Waals surface area contributed by atoms with Gasteiger partial charge >= 0.3 is 12.1 Å². The van der Waals surface area contributed by atoms with E-state index in [1.807, 2.05) is 0 Å². The zero-order chi connectivity index (χ0) is 14.3. The number of hydrogen-bond acceptors (Lipinski definition) is 3. The van der Waals surface area contributed by atoms with Crippen LogP contribution in [0.3, 0.4) is 0 Å². The summed E-state index contributed by atoms with van der Waals surface area (Å²) in [7, 11) is 0. The number of carbonyl (C=O) groups is 1. The van der Waals surface area contributed by atoms with Crippen LogP contribution in [0, 0.1) is 0 Å². The zero-order valence-corrected chi connectivity index (χ0v) is 10.0. The minimum atomic E-state index is -4.32. The first kappa shape index (κ1) is 15.5. The molecule has 0 heterocycles. The normalized spacial score (nSPS) is 11.5. The number of aromatic carboxylic acids is 1. The first-order chi connectivity index (χ1) is 8.90. The number of alkyl halides is 3. The monoisotopic (exact) mass is 277 g/mol. The van der Waals surface area contributed by atoms with Crippen LogP contribution in [0.15, 0.2) is 24.3 Å². The van der Waals surface area contributed by atoms with Crippen LogP contribution in [0.4, 0.5) is 13.2 Å². The Balaban J connectivity index is 2.28. The van der Waals surface area contributed by atoms with Crippen molar-refractivity contribution < 1.29 is 27.8 Å². The smallest absolute Gasteiger partial charge is 0.411 e. The quantitative estimate of drug-likeness (QED) is 0.749. The van der Waals surface area contributed by atoms with Gasteiger partial charge in [-0.1, -0.05) is 18.2 Å². The molecular weight excluding hydrogens is 263 g/mol. The summed E-state index contributed by atoms with van der Waals surface area (Å²) >= 11 is 0. The highest BCUT2D eigenvalue weighted by molar-refractivity contribution is 5.89. The molecule has 0 radical (unpaired) electrons. The van der Waals surface area contributed by atoms with Gasteiger partial charge in [-0.25, -0.2) is 4.79 Å². The molecule has 19 heavy (non-hydrogen) atoms. The van der Waals surface area contributed by atoms with Crippen molar-refractivity contribution in [2.45, 2.75) is 12.7 Å². The molecule has 0 atom stereocenters. The number of ether oxygens (including phenoxy) is 1. The lowest BCUT2D eigenvalue weighted by atomic mass is 10.1. The molecule has 7 heteroatoms. The summed E-state index contributed by atoms with van der Waals surface area (Å²) in [5.41, 5.74) is 0.747. The molecule has 0 unspecified atom stereocenters. The fourth-order valence-electron chi connectivity index (χ4n) is 1.44. The predicted octanol–water partition coefficient (Wildman–Crippen LogP) is 2.05. The van der Waals surface area contributed by atoms with Crippen molar-refractivity contribution in [1.82, 2.24) is 5.32 Å². The van der Waals surface area contributed by atoms with E-state index in [1.54, 1.807) is 18.2 Å². The highest BCUT2D eigenvalue weighted by Crippen LogP contribution is 2.14. The van der Waals surface area contributed by atoms with Crippen LogP contribution in [-0.4, -0.2) is 37.0 Å². The van der Waals surface area contributed by atoms with E-state index >= 15 is 0 Å². The molecule has 0 aromatic heterocycles. The van der Waals surface area contributed by atoms with Gasteiger partial charge < -0.3 is 15.2 Å². The van der Waals surface area contributed by atoms with Crippen molar-refractivity contribution in [3.8, 4) is 0 Å². The average Bonchev–Trinajstić information content (AvgIpc) is 2.32. The molecular formula is C12H14F3NO3. The average molecular weight is 277 g/mol. The minimum absolute atomic E-state index is 0.0885. The zero-order valence-electron chi connectivity index (χ0n) is 10.0. The molecule has 0 aliphatic rings. The number of nitrogens with one attached hydrogen (secondary N) is 1. The molecule has 2 N–H and O–H groups in total. The van der Waals surface area contributed by atoms with Crippen molar-refractivity contribution in [2.24, 2.45) is 0 Å². The summed E-state index contributed by atoms with van der Waals surface area (Å²) < 4.78 is 39.7. The highest BCUT2D eigenvalue weighted by atomic mass is 19.4. The molecule has 0 spiro atoms. The Hall–Kier alpha value is -1.60. The molecule has 0 amide bonds. The standard InChI is InChI=1S/C12H14F3NO3/c13-12(14,15)8-19-6-5-16-7-9-3-1-2-4-10(9)11(17)18/h1-4,16H,5-8H2,(H,17,18). The Labute approximate surface area is 108 Å². The van der Waals surface area contributed by atoms with Gasteiger partial charge in [0.05, 0.1) is 12.2 Å². The third-order valence-corrected chi connectivity index (χ3v) is 2.25. The lowest BCUT2D eigenvalue weighted by Gasteiger charge is -2.09. The van der Waals surface area contributed by atoms with E-state index in [9.17, 15) is 18.0 Å². The Bertz CT molecular complexity index is 421. The van der Waals surface area contributed by atoms with Gasteiger partial charge in [-0.05, 0) is 11.6 Å². The molecule has 1 rings (SSSR count). The maximum absolute atomic E-state index is 11.8. The summed E-state index contributed by atoms with van der Waals surface area (Å²) in [6, 6.07) is 6.43. The third-order valence-electron chi connectivity index (χ3n) is 2.25. The lowest BCUT2D eigenvalue weighted by Crippen LogP contribution is -2.24. The number of hydrogen-bond donors (Lipinski definition) is 2. The van der Waals surface area contributed by atoms with Gasteiger partial charge in [-0.2, -0.15) is 13.2 Å². The number of carboxylic acids is 1. The van der Waals surface area contributed by atoms with E-state index in [-0.39, 0.29) is 25.3 Å². The van der Waals surface area contributed by atoms with Crippen LogP contribution in [0.1, 0.15) is 15.9 Å². The molecule has 106 valence electrons. The van der Waals surface area contributed by atoms with Gasteiger partial charge in [0.25, 0.3) is 0 Å². The van der Waals surface area contributed by atoms with Crippen LogP contribution in [0.25, 0.3) is 0 Å². The van der Waals surface area contributed by atoms with E-state index in [4.69, 9.17) is 5.11 Å². The fourth-order valence-corrected chi connectivity index (χ4v) is 1.44. The van der Waals surface area contributed by atoms with E-state index in [0.29, 0.717) is 5.56 Å². The maximum atomic E-state index is 11.8. The molecule has 1 aromatic carbocycles. The SMILES string of the molecule is O=C(O)c1ccccc1CNCCOCC(F)(F)F. The molecule has 4 nitrogen and oxygen atoms in total. The Morgan fingerprint density at radius 1 is 1.32 bits per heavy atom. The summed E-state index contributed by atoms with van der Waals surface area (Å²) in [5.74, 6) is -1.04. The summed E-state index contributed by atoms with van der Waals surface area (Å²) in [4.78, 5) is 10.9. The van der Waals surface area contributed by atoms with Crippen LogP contribution < -0.4 is 5.32 Å². The molecule has 1 aromatic rings. The van der Waals surface area contributed by atoms with Crippen LogP contribution in [0.2, 0.25) is 0 Å². The van der Waals surface area contributed by atoms with Crippen molar-refractivity contribution >= 4 is 5.97 Å². The molecule has 0 aliphatic carbocycles. The number of benzene rings is 1. The predicted molar refractivity (Wildman–Crippen MR) is 62.0 cm³/mol. The van der Waals surface area contributed by atoms with Gasteiger partial charge in [-0.15, -0.1) is 0 Å². The fraction of sp³-hybridized carbons (Fsp3) is 0.417. The lowest BCUT2D eigenvalue weighted by molar-refractivity contribution is -0.173. The first-order valence-electron chi connectivity index (χ1n) is 5.56. The van der Waals surface area contributed by atoms with Gasteiger partial charge in [-0.3, -0.25) is 0 Å². The second kappa shape index (κ2) is 7.10. The summed E-state index contributed by atoms with van der Waals surface area (Å²) in [6.07, 6.45) is -4.32. The summed E-state index contributed by atoms with van der Waals surface area (Å²) in [6.45, 7) is -0.892. The maximum Gasteiger partial charge on any atom is 0.411 e. The van der Waals surface area contributed by atoms with E-state index in [1.165, 1.54) is 6.07 Å². The van der Waals surface area contributed by atoms with Crippen molar-refractivity contribution in [2.75, 3.05) is 19.8 Å². The number of halogens is 3. The molecule has 0 bridgehead atoms. The Morgan fingerprint density at radius 2 is 2.00 bits per heavy atom. The van der Waals surface area contributed by atoms with Crippen molar-refractivity contribution in [3.05, 3.63) is 35.4 Å². The topological polar surface area (TPSA) is 58.6 Å². The summed E-state index contributed by atoms with van der Waals surface area (Å²) in [5, 5.41) is 11.7. The highest BCUT2D eigenvalue weighted by Gasteiger charge is 2.27. The molecule has 0 saturated heterocycles. The van der Waals surface area contributed by atoms with Gasteiger partial charge in [0.2, 0.25) is 0 Å². The largest absolute Gasteiger partial charge is 0.478 e. The van der Waals surface area contributed by atoms with Crippen LogP contribution in [0.5, 0.6) is 0 Å². The minimum Gasteiger partial charge on any atom is -0.478 e.